The molecule has 0 bridgehead atoms. The number of amides is 1. The van der Waals surface area contributed by atoms with Gasteiger partial charge in [0, 0.05) is 12.2 Å². The quantitative estimate of drug-likeness (QED) is 0.896. The number of H-pyrrole nitrogens is 1. The number of carbonyl (C=O) groups is 1. The Hall–Kier alpha value is -2.10. The van der Waals surface area contributed by atoms with Gasteiger partial charge in [0.2, 0.25) is 0 Å². The molecule has 1 aliphatic rings. The number of likely N-dealkylation sites (tertiary alicyclic amines) is 1. The molecule has 2 aromatic rings. The lowest BCUT2D eigenvalue weighted by Gasteiger charge is -2.30. The van der Waals surface area contributed by atoms with Gasteiger partial charge in [-0.1, -0.05) is 56.5 Å². The highest BCUT2D eigenvalue weighted by molar-refractivity contribution is 5.92. The monoisotopic (exact) mass is 325 g/mol. The number of aromatic nitrogens is 2. The summed E-state index contributed by atoms with van der Waals surface area (Å²) < 4.78 is 0. The topological polar surface area (TPSA) is 49.0 Å². The molecule has 0 aliphatic carbocycles. The van der Waals surface area contributed by atoms with Gasteiger partial charge < -0.3 is 4.90 Å². The van der Waals surface area contributed by atoms with Gasteiger partial charge in [-0.15, -0.1) is 0 Å². The molecule has 1 aromatic carbocycles. The molecule has 0 unspecified atom stereocenters. The third kappa shape index (κ3) is 3.53. The van der Waals surface area contributed by atoms with E-state index in [0.29, 0.717) is 11.6 Å². The smallest absolute Gasteiger partial charge is 0.274 e. The van der Waals surface area contributed by atoms with Crippen LogP contribution in [0.15, 0.2) is 30.3 Å². The summed E-state index contributed by atoms with van der Waals surface area (Å²) in [7, 11) is 0. The maximum Gasteiger partial charge on any atom is 0.274 e. The van der Waals surface area contributed by atoms with E-state index in [1.54, 1.807) is 0 Å². The van der Waals surface area contributed by atoms with E-state index >= 15 is 0 Å². The summed E-state index contributed by atoms with van der Waals surface area (Å²) in [6.45, 7) is 7.11. The van der Waals surface area contributed by atoms with Gasteiger partial charge in [-0.25, -0.2) is 0 Å². The van der Waals surface area contributed by atoms with Crippen LogP contribution in [-0.2, 0) is 0 Å². The molecule has 3 rings (SSSR count). The van der Waals surface area contributed by atoms with Crippen molar-refractivity contribution in [3.63, 3.8) is 0 Å². The lowest BCUT2D eigenvalue weighted by molar-refractivity contribution is 0.0674. The average Bonchev–Trinajstić information content (AvgIpc) is 2.93. The molecule has 128 valence electrons. The lowest BCUT2D eigenvalue weighted by Crippen LogP contribution is -2.35. The number of hydrogen-bond acceptors (Lipinski definition) is 2. The van der Waals surface area contributed by atoms with Gasteiger partial charge in [-0.2, -0.15) is 5.10 Å². The molecule has 1 atom stereocenters. The highest BCUT2D eigenvalue weighted by Gasteiger charge is 2.29. The van der Waals surface area contributed by atoms with Crippen molar-refractivity contribution in [1.29, 1.82) is 0 Å². The van der Waals surface area contributed by atoms with Crippen molar-refractivity contribution in [2.45, 2.75) is 58.4 Å². The molecule has 1 aliphatic heterocycles. The van der Waals surface area contributed by atoms with Crippen molar-refractivity contribution >= 4 is 5.91 Å². The summed E-state index contributed by atoms with van der Waals surface area (Å²) in [6, 6.07) is 10.6. The zero-order valence-corrected chi connectivity index (χ0v) is 14.9. The molecule has 0 saturated carbocycles. The Morgan fingerprint density at radius 2 is 2.08 bits per heavy atom. The van der Waals surface area contributed by atoms with E-state index < -0.39 is 0 Å². The van der Waals surface area contributed by atoms with E-state index in [1.165, 1.54) is 24.0 Å². The van der Waals surface area contributed by atoms with Gasteiger partial charge in [-0.3, -0.25) is 9.89 Å². The molecular weight excluding hydrogens is 298 g/mol. The van der Waals surface area contributed by atoms with Crippen LogP contribution in [-0.4, -0.2) is 27.5 Å². The maximum absolute atomic E-state index is 13.1. The van der Waals surface area contributed by atoms with Gasteiger partial charge >= 0.3 is 0 Å². The largest absolute Gasteiger partial charge is 0.330 e. The molecule has 24 heavy (non-hydrogen) atoms. The summed E-state index contributed by atoms with van der Waals surface area (Å²) in [5.41, 5.74) is 4.04. The number of benzene rings is 1. The van der Waals surface area contributed by atoms with E-state index in [0.717, 1.165) is 25.1 Å². The Labute approximate surface area is 144 Å². The second kappa shape index (κ2) is 7.20. The first-order chi connectivity index (χ1) is 11.6. The van der Waals surface area contributed by atoms with Crippen molar-refractivity contribution < 1.29 is 4.79 Å². The third-order valence-electron chi connectivity index (χ3n) is 4.88. The fourth-order valence-electron chi connectivity index (χ4n) is 3.46. The minimum absolute atomic E-state index is 0.0477. The Kier molecular flexibility index (Phi) is 5.03. The number of aromatic amines is 1. The summed E-state index contributed by atoms with van der Waals surface area (Å²) in [6.07, 6.45) is 4.44. The van der Waals surface area contributed by atoms with Gasteiger partial charge in [0.15, 0.2) is 0 Å². The van der Waals surface area contributed by atoms with Crippen molar-refractivity contribution in [1.82, 2.24) is 15.1 Å². The van der Waals surface area contributed by atoms with Crippen molar-refractivity contribution in [2.75, 3.05) is 6.54 Å². The first-order valence-corrected chi connectivity index (χ1v) is 8.99. The Balaban J connectivity index is 1.90. The molecule has 1 aromatic heterocycles. The predicted octanol–water partition coefficient (Wildman–Crippen LogP) is 4.60. The zero-order chi connectivity index (χ0) is 17.1. The molecule has 1 N–H and O–H groups in total. The van der Waals surface area contributed by atoms with Crippen LogP contribution in [0, 0.1) is 6.92 Å². The van der Waals surface area contributed by atoms with Gasteiger partial charge in [-0.05, 0) is 37.3 Å². The zero-order valence-electron chi connectivity index (χ0n) is 14.9. The highest BCUT2D eigenvalue weighted by atomic mass is 16.2. The fourth-order valence-corrected chi connectivity index (χ4v) is 3.46. The minimum Gasteiger partial charge on any atom is -0.330 e. The molecule has 2 heterocycles. The van der Waals surface area contributed by atoms with Crippen molar-refractivity contribution in [3.8, 4) is 0 Å². The van der Waals surface area contributed by atoms with Crippen LogP contribution in [0.1, 0.15) is 78.8 Å². The van der Waals surface area contributed by atoms with Crippen LogP contribution < -0.4 is 0 Å². The highest BCUT2D eigenvalue weighted by Crippen LogP contribution is 2.31. The Morgan fingerprint density at radius 1 is 1.25 bits per heavy atom. The number of nitrogens with zero attached hydrogens (tertiary/aromatic N) is 2. The summed E-state index contributed by atoms with van der Waals surface area (Å²) >= 11 is 0. The summed E-state index contributed by atoms with van der Waals surface area (Å²) in [5, 5.41) is 7.28. The first kappa shape index (κ1) is 16.7. The number of aryl methyl sites for hydroxylation is 1. The second-order valence-electron chi connectivity index (χ2n) is 7.14. The summed E-state index contributed by atoms with van der Waals surface area (Å²) in [5.74, 6) is 0.391. The second-order valence-corrected chi connectivity index (χ2v) is 7.14. The minimum atomic E-state index is 0.0477. The van der Waals surface area contributed by atoms with E-state index in [2.05, 4.69) is 55.2 Å². The first-order valence-electron chi connectivity index (χ1n) is 8.99. The van der Waals surface area contributed by atoms with Crippen LogP contribution in [0.4, 0.5) is 0 Å². The van der Waals surface area contributed by atoms with E-state index in [9.17, 15) is 4.79 Å². The van der Waals surface area contributed by atoms with Crippen LogP contribution in [0.25, 0.3) is 0 Å². The normalized spacial score (nSPS) is 18.7. The molecule has 1 amide bonds. The average molecular weight is 325 g/mol. The van der Waals surface area contributed by atoms with E-state index in [-0.39, 0.29) is 11.9 Å². The van der Waals surface area contributed by atoms with Crippen LogP contribution >= 0.6 is 0 Å². The molecule has 1 fully saturated rings. The standard InChI is InChI=1S/C20H27N3O/c1-14(2)17-13-18(22-21-17)20(24)23-11-6-4-5-10-19(23)16-9-7-8-15(3)12-16/h7-9,12-14,19H,4-6,10-11H2,1-3H3,(H,21,22)/t19-/m0/s1. The third-order valence-corrected chi connectivity index (χ3v) is 4.88. The van der Waals surface area contributed by atoms with Crippen molar-refractivity contribution in [3.05, 3.63) is 52.8 Å². The number of carbonyl (C=O) groups excluding carboxylic acids is 1. The summed E-state index contributed by atoms with van der Waals surface area (Å²) in [4.78, 5) is 15.1. The fraction of sp³-hybridized carbons (Fsp3) is 0.500. The predicted molar refractivity (Wildman–Crippen MR) is 96.1 cm³/mol. The number of nitrogens with one attached hydrogen (secondary N) is 1. The Bertz CT molecular complexity index is 704. The van der Waals surface area contributed by atoms with Crippen LogP contribution in [0.5, 0.6) is 0 Å². The molecule has 0 radical (unpaired) electrons. The molecule has 0 spiro atoms. The van der Waals surface area contributed by atoms with E-state index in [1.807, 2.05) is 11.0 Å². The van der Waals surface area contributed by atoms with Crippen molar-refractivity contribution in [2.24, 2.45) is 0 Å². The maximum atomic E-state index is 13.1. The molecule has 1 saturated heterocycles. The lowest BCUT2D eigenvalue weighted by atomic mass is 9.99. The van der Waals surface area contributed by atoms with Gasteiger partial charge in [0.05, 0.1) is 6.04 Å². The SMILES string of the molecule is Cc1cccc([C@@H]2CCCCCN2C(=O)c2cc(C(C)C)[nH]n2)c1. The number of hydrogen-bond donors (Lipinski definition) is 1. The Morgan fingerprint density at radius 3 is 2.79 bits per heavy atom. The molecule has 4 nitrogen and oxygen atoms in total. The van der Waals surface area contributed by atoms with E-state index in [4.69, 9.17) is 0 Å². The molecular formula is C20H27N3O. The van der Waals surface area contributed by atoms with Gasteiger partial charge in [0.25, 0.3) is 5.91 Å². The van der Waals surface area contributed by atoms with Gasteiger partial charge in [0.1, 0.15) is 5.69 Å². The number of rotatable bonds is 3. The molecule has 4 heteroatoms. The van der Waals surface area contributed by atoms with Crippen LogP contribution in [0.3, 0.4) is 0 Å². The van der Waals surface area contributed by atoms with Crippen LogP contribution in [0.2, 0.25) is 0 Å².